The minimum atomic E-state index is 0.691. The van der Waals surface area contributed by atoms with Crippen molar-refractivity contribution in [3.8, 4) is 0 Å². The van der Waals surface area contributed by atoms with Gasteiger partial charge in [-0.05, 0) is 50.3 Å². The highest BCUT2D eigenvalue weighted by atomic mass is 14.9. The Morgan fingerprint density at radius 1 is 1.36 bits per heavy atom. The zero-order valence-electron chi connectivity index (χ0n) is 9.09. The molecule has 1 nitrogen and oxygen atoms in total. The van der Waals surface area contributed by atoms with Crippen molar-refractivity contribution in [3.63, 3.8) is 0 Å². The summed E-state index contributed by atoms with van der Waals surface area (Å²) in [7, 11) is 2.08. The highest BCUT2D eigenvalue weighted by Gasteiger charge is 2.30. The van der Waals surface area contributed by atoms with Crippen LogP contribution in [0.3, 0.4) is 0 Å². The molecule has 1 aliphatic rings. The monoisotopic (exact) mass is 189 g/mol. The van der Waals surface area contributed by atoms with E-state index in [0.29, 0.717) is 6.04 Å². The number of rotatable bonds is 4. The van der Waals surface area contributed by atoms with Gasteiger partial charge in [0.15, 0.2) is 0 Å². The summed E-state index contributed by atoms with van der Waals surface area (Å²) < 4.78 is 0. The highest BCUT2D eigenvalue weighted by molar-refractivity contribution is 5.26. The highest BCUT2D eigenvalue weighted by Crippen LogP contribution is 2.34. The van der Waals surface area contributed by atoms with Crippen LogP contribution in [0.1, 0.15) is 24.0 Å². The molecule has 0 radical (unpaired) electrons. The van der Waals surface area contributed by atoms with Crippen LogP contribution < -0.4 is 5.32 Å². The van der Waals surface area contributed by atoms with Gasteiger partial charge in [0.2, 0.25) is 0 Å². The molecule has 1 unspecified atom stereocenters. The van der Waals surface area contributed by atoms with Gasteiger partial charge in [-0.3, -0.25) is 0 Å². The molecule has 0 amide bonds. The van der Waals surface area contributed by atoms with Gasteiger partial charge in [0.05, 0.1) is 0 Å². The number of likely N-dealkylation sites (N-methyl/N-ethyl adjacent to an activating group) is 1. The summed E-state index contributed by atoms with van der Waals surface area (Å²) in [5.41, 5.74) is 2.92. The van der Waals surface area contributed by atoms with E-state index in [1.165, 1.54) is 30.4 Å². The molecular weight excluding hydrogens is 170 g/mol. The summed E-state index contributed by atoms with van der Waals surface area (Å²) >= 11 is 0. The molecule has 0 aliphatic heterocycles. The van der Waals surface area contributed by atoms with Crippen molar-refractivity contribution in [2.75, 3.05) is 7.05 Å². The molecule has 1 aromatic rings. The molecule has 1 N–H and O–H groups in total. The summed E-state index contributed by atoms with van der Waals surface area (Å²) in [5.74, 6) is 0.930. The Morgan fingerprint density at radius 3 is 2.64 bits per heavy atom. The lowest BCUT2D eigenvalue weighted by Gasteiger charge is -2.16. The Kier molecular flexibility index (Phi) is 2.87. The Balaban J connectivity index is 2.04. The molecule has 0 aromatic heterocycles. The second-order valence-electron chi connectivity index (χ2n) is 4.36. The molecule has 1 saturated carbocycles. The number of hydrogen-bond acceptors (Lipinski definition) is 1. The van der Waals surface area contributed by atoms with E-state index in [1.807, 2.05) is 0 Å². The predicted molar refractivity (Wildman–Crippen MR) is 60.5 cm³/mol. The maximum atomic E-state index is 3.44. The first-order valence-corrected chi connectivity index (χ1v) is 5.53. The average Bonchev–Trinajstić information content (AvgIpc) is 3.00. The number of nitrogens with one attached hydrogen (secondary N) is 1. The maximum Gasteiger partial charge on any atom is 0.0133 e. The fourth-order valence-electron chi connectivity index (χ4n) is 2.08. The van der Waals surface area contributed by atoms with Crippen LogP contribution in [-0.4, -0.2) is 13.1 Å². The van der Waals surface area contributed by atoms with E-state index in [4.69, 9.17) is 0 Å². The molecular formula is C13H19N. The van der Waals surface area contributed by atoms with Crippen molar-refractivity contribution in [1.29, 1.82) is 0 Å². The summed E-state index contributed by atoms with van der Waals surface area (Å²) in [4.78, 5) is 0. The van der Waals surface area contributed by atoms with E-state index in [1.54, 1.807) is 0 Å². The quantitative estimate of drug-likeness (QED) is 0.767. The zero-order valence-corrected chi connectivity index (χ0v) is 9.09. The summed E-state index contributed by atoms with van der Waals surface area (Å²) in [6, 6.07) is 9.40. The molecule has 1 aliphatic carbocycles. The van der Waals surface area contributed by atoms with E-state index in [-0.39, 0.29) is 0 Å². The molecule has 1 aromatic carbocycles. The molecule has 1 heteroatoms. The van der Waals surface area contributed by atoms with Crippen molar-refractivity contribution in [2.24, 2.45) is 5.92 Å². The van der Waals surface area contributed by atoms with Gasteiger partial charge in [-0.2, -0.15) is 0 Å². The first-order chi connectivity index (χ1) is 6.81. The molecule has 0 spiro atoms. The SMILES string of the molecule is CNC(Cc1ccccc1C)C1CC1. The Hall–Kier alpha value is -0.820. The van der Waals surface area contributed by atoms with Gasteiger partial charge in [-0.25, -0.2) is 0 Å². The van der Waals surface area contributed by atoms with Crippen LogP contribution in [0, 0.1) is 12.8 Å². The number of benzene rings is 1. The van der Waals surface area contributed by atoms with Crippen LogP contribution in [0.4, 0.5) is 0 Å². The van der Waals surface area contributed by atoms with Gasteiger partial charge >= 0.3 is 0 Å². The van der Waals surface area contributed by atoms with Gasteiger partial charge in [0.1, 0.15) is 0 Å². The molecule has 0 bridgehead atoms. The van der Waals surface area contributed by atoms with Gasteiger partial charge in [0.25, 0.3) is 0 Å². The lowest BCUT2D eigenvalue weighted by atomic mass is 9.98. The van der Waals surface area contributed by atoms with E-state index in [2.05, 4.69) is 43.6 Å². The van der Waals surface area contributed by atoms with Gasteiger partial charge in [-0.15, -0.1) is 0 Å². The largest absolute Gasteiger partial charge is 0.316 e. The predicted octanol–water partition coefficient (Wildman–Crippen LogP) is 2.54. The van der Waals surface area contributed by atoms with E-state index < -0.39 is 0 Å². The van der Waals surface area contributed by atoms with Crippen molar-refractivity contribution in [3.05, 3.63) is 35.4 Å². The molecule has 1 fully saturated rings. The van der Waals surface area contributed by atoms with Gasteiger partial charge < -0.3 is 5.32 Å². The Morgan fingerprint density at radius 2 is 2.07 bits per heavy atom. The van der Waals surface area contributed by atoms with E-state index in [0.717, 1.165) is 5.92 Å². The summed E-state index contributed by atoms with van der Waals surface area (Å²) in [6.07, 6.45) is 4.02. The number of aryl methyl sites for hydroxylation is 1. The second kappa shape index (κ2) is 4.14. The molecule has 0 heterocycles. The first kappa shape index (κ1) is 9.72. The van der Waals surface area contributed by atoms with Crippen LogP contribution in [0.2, 0.25) is 0 Å². The lowest BCUT2D eigenvalue weighted by Crippen LogP contribution is -2.29. The fourth-order valence-corrected chi connectivity index (χ4v) is 2.08. The third-order valence-corrected chi connectivity index (χ3v) is 3.26. The first-order valence-electron chi connectivity index (χ1n) is 5.53. The summed E-state index contributed by atoms with van der Waals surface area (Å²) in [5, 5.41) is 3.44. The normalized spacial score (nSPS) is 18.1. The van der Waals surface area contributed by atoms with E-state index in [9.17, 15) is 0 Å². The third-order valence-electron chi connectivity index (χ3n) is 3.26. The van der Waals surface area contributed by atoms with Crippen LogP contribution >= 0.6 is 0 Å². The van der Waals surface area contributed by atoms with Crippen LogP contribution in [-0.2, 0) is 6.42 Å². The van der Waals surface area contributed by atoms with Gasteiger partial charge in [0, 0.05) is 6.04 Å². The fraction of sp³-hybridized carbons (Fsp3) is 0.538. The minimum Gasteiger partial charge on any atom is -0.316 e. The van der Waals surface area contributed by atoms with Crippen molar-refractivity contribution >= 4 is 0 Å². The number of hydrogen-bond donors (Lipinski definition) is 1. The maximum absolute atomic E-state index is 3.44. The van der Waals surface area contributed by atoms with Crippen LogP contribution in [0.25, 0.3) is 0 Å². The standard InChI is InChI=1S/C13H19N/c1-10-5-3-4-6-12(10)9-13(14-2)11-7-8-11/h3-6,11,13-14H,7-9H2,1-2H3. The van der Waals surface area contributed by atoms with E-state index >= 15 is 0 Å². The van der Waals surface area contributed by atoms with Gasteiger partial charge in [-0.1, -0.05) is 24.3 Å². The van der Waals surface area contributed by atoms with Crippen molar-refractivity contribution in [2.45, 2.75) is 32.2 Å². The third kappa shape index (κ3) is 2.16. The van der Waals surface area contributed by atoms with Crippen LogP contribution in [0.5, 0.6) is 0 Å². The molecule has 76 valence electrons. The molecule has 14 heavy (non-hydrogen) atoms. The van der Waals surface area contributed by atoms with Crippen molar-refractivity contribution in [1.82, 2.24) is 5.32 Å². The Bertz CT molecular complexity index is 302. The average molecular weight is 189 g/mol. The topological polar surface area (TPSA) is 12.0 Å². The minimum absolute atomic E-state index is 0.691. The summed E-state index contributed by atoms with van der Waals surface area (Å²) in [6.45, 7) is 2.20. The second-order valence-corrected chi connectivity index (χ2v) is 4.36. The Labute approximate surface area is 86.5 Å². The molecule has 1 atom stereocenters. The molecule has 0 saturated heterocycles. The zero-order chi connectivity index (χ0) is 9.97. The van der Waals surface area contributed by atoms with Crippen molar-refractivity contribution < 1.29 is 0 Å². The smallest absolute Gasteiger partial charge is 0.0133 e. The molecule has 2 rings (SSSR count). The lowest BCUT2D eigenvalue weighted by molar-refractivity contribution is 0.499. The van der Waals surface area contributed by atoms with Crippen LogP contribution in [0.15, 0.2) is 24.3 Å².